The van der Waals surface area contributed by atoms with Crippen molar-refractivity contribution in [3.63, 3.8) is 0 Å². The lowest BCUT2D eigenvalue weighted by molar-refractivity contribution is -0.111. The van der Waals surface area contributed by atoms with Gasteiger partial charge in [-0.05, 0) is 30.6 Å². The van der Waals surface area contributed by atoms with E-state index in [0.717, 1.165) is 12.3 Å². The molecule has 0 aromatic carbocycles. The van der Waals surface area contributed by atoms with E-state index < -0.39 is 0 Å². The van der Waals surface area contributed by atoms with Crippen LogP contribution >= 0.6 is 0 Å². The van der Waals surface area contributed by atoms with Crippen LogP contribution in [0.4, 0.5) is 0 Å². The third kappa shape index (κ3) is 4.24. The first-order valence-electron chi connectivity index (χ1n) is 7.81. The molecule has 2 heteroatoms. The Morgan fingerprint density at radius 2 is 1.78 bits per heavy atom. The van der Waals surface area contributed by atoms with Gasteiger partial charge in [-0.2, -0.15) is 0 Å². The second-order valence-electron chi connectivity index (χ2n) is 6.99. The highest BCUT2D eigenvalue weighted by atomic mass is 16.5. The molecule has 0 amide bonds. The second-order valence-corrected chi connectivity index (χ2v) is 6.99. The van der Waals surface area contributed by atoms with E-state index in [1.165, 1.54) is 32.1 Å². The van der Waals surface area contributed by atoms with E-state index in [4.69, 9.17) is 10.5 Å². The quantitative estimate of drug-likeness (QED) is 0.802. The van der Waals surface area contributed by atoms with Crippen molar-refractivity contribution in [3.8, 4) is 0 Å². The lowest BCUT2D eigenvalue weighted by Crippen LogP contribution is -2.48. The molecule has 1 aliphatic carbocycles. The fourth-order valence-corrected chi connectivity index (χ4v) is 3.17. The Hall–Kier alpha value is -0.0800. The van der Waals surface area contributed by atoms with E-state index in [1.807, 2.05) is 0 Å². The summed E-state index contributed by atoms with van der Waals surface area (Å²) in [6.07, 6.45) is 8.10. The van der Waals surface area contributed by atoms with Crippen LogP contribution < -0.4 is 5.73 Å². The van der Waals surface area contributed by atoms with Crippen molar-refractivity contribution in [2.45, 2.75) is 91.4 Å². The number of nitrogens with two attached hydrogens (primary N) is 1. The third-order valence-corrected chi connectivity index (χ3v) is 4.40. The zero-order chi connectivity index (χ0) is 13.8. The summed E-state index contributed by atoms with van der Waals surface area (Å²) >= 11 is 0. The summed E-state index contributed by atoms with van der Waals surface area (Å²) in [7, 11) is 0. The molecule has 0 aromatic rings. The van der Waals surface area contributed by atoms with Gasteiger partial charge in [-0.15, -0.1) is 0 Å². The molecule has 0 heterocycles. The molecule has 0 aliphatic heterocycles. The van der Waals surface area contributed by atoms with Crippen LogP contribution in [0.2, 0.25) is 0 Å². The van der Waals surface area contributed by atoms with E-state index in [-0.39, 0.29) is 17.6 Å². The number of ether oxygens (including phenoxy) is 1. The lowest BCUT2D eigenvalue weighted by atomic mass is 9.81. The maximum absolute atomic E-state index is 6.49. The number of hydrogen-bond donors (Lipinski definition) is 1. The van der Waals surface area contributed by atoms with Crippen molar-refractivity contribution < 1.29 is 4.74 Å². The second kappa shape index (κ2) is 6.91. The summed E-state index contributed by atoms with van der Waals surface area (Å²) in [6.45, 7) is 11.2. The van der Waals surface area contributed by atoms with Crippen LogP contribution in [0.3, 0.4) is 0 Å². The van der Waals surface area contributed by atoms with Gasteiger partial charge in [0.1, 0.15) is 0 Å². The van der Waals surface area contributed by atoms with Crippen molar-refractivity contribution in [3.05, 3.63) is 0 Å². The van der Waals surface area contributed by atoms with Gasteiger partial charge in [-0.3, -0.25) is 0 Å². The van der Waals surface area contributed by atoms with E-state index in [0.29, 0.717) is 6.10 Å². The monoisotopic (exact) mass is 255 g/mol. The summed E-state index contributed by atoms with van der Waals surface area (Å²) in [6, 6.07) is 0.157. The molecule has 1 rings (SSSR count). The minimum atomic E-state index is 0.130. The average Bonchev–Trinajstić information content (AvgIpc) is 2.34. The molecule has 1 saturated carbocycles. The van der Waals surface area contributed by atoms with Gasteiger partial charge >= 0.3 is 0 Å². The summed E-state index contributed by atoms with van der Waals surface area (Å²) in [5.41, 5.74) is 6.41. The molecular weight excluding hydrogens is 222 g/mol. The third-order valence-electron chi connectivity index (χ3n) is 4.40. The molecule has 4 atom stereocenters. The normalized spacial score (nSPS) is 29.0. The molecule has 108 valence electrons. The molecule has 0 saturated heterocycles. The van der Waals surface area contributed by atoms with Crippen LogP contribution in [0, 0.1) is 11.3 Å². The largest absolute Gasteiger partial charge is 0.373 e. The van der Waals surface area contributed by atoms with Gasteiger partial charge in [0.05, 0.1) is 12.2 Å². The Morgan fingerprint density at radius 1 is 1.17 bits per heavy atom. The predicted octanol–water partition coefficient (Wildman–Crippen LogP) is 4.12. The van der Waals surface area contributed by atoms with Gasteiger partial charge in [0, 0.05) is 6.04 Å². The molecular formula is C16H33NO. The van der Waals surface area contributed by atoms with Crippen molar-refractivity contribution in [1.29, 1.82) is 0 Å². The number of hydrogen-bond acceptors (Lipinski definition) is 2. The van der Waals surface area contributed by atoms with E-state index in [9.17, 15) is 0 Å². The minimum Gasteiger partial charge on any atom is -0.373 e. The van der Waals surface area contributed by atoms with Gasteiger partial charge in [0.2, 0.25) is 0 Å². The molecule has 4 unspecified atom stereocenters. The van der Waals surface area contributed by atoms with Gasteiger partial charge in [-0.25, -0.2) is 0 Å². The summed E-state index contributed by atoms with van der Waals surface area (Å²) in [4.78, 5) is 0. The smallest absolute Gasteiger partial charge is 0.0777 e. The zero-order valence-electron chi connectivity index (χ0n) is 13.0. The molecule has 18 heavy (non-hydrogen) atoms. The molecule has 1 aliphatic rings. The summed E-state index contributed by atoms with van der Waals surface area (Å²) in [5, 5.41) is 0. The first-order chi connectivity index (χ1) is 8.40. The summed E-state index contributed by atoms with van der Waals surface area (Å²) in [5.74, 6) is 0.743. The van der Waals surface area contributed by atoms with Gasteiger partial charge in [0.15, 0.2) is 0 Å². The Morgan fingerprint density at radius 3 is 2.28 bits per heavy atom. The highest BCUT2D eigenvalue weighted by Crippen LogP contribution is 2.34. The average molecular weight is 255 g/mol. The van der Waals surface area contributed by atoms with Crippen molar-refractivity contribution in [1.82, 2.24) is 0 Å². The van der Waals surface area contributed by atoms with Crippen LogP contribution in [0.5, 0.6) is 0 Å². The van der Waals surface area contributed by atoms with Crippen LogP contribution in [0.25, 0.3) is 0 Å². The highest BCUT2D eigenvalue weighted by molar-refractivity contribution is 4.86. The van der Waals surface area contributed by atoms with E-state index in [1.54, 1.807) is 0 Å². The van der Waals surface area contributed by atoms with Crippen molar-refractivity contribution in [2.75, 3.05) is 0 Å². The molecule has 0 spiro atoms. The SMILES string of the molecule is CCC(N)C(OC1CCCCC1CC)C(C)(C)C. The first kappa shape index (κ1) is 16.0. The number of rotatable bonds is 5. The Balaban J connectivity index is 2.69. The fraction of sp³-hybridized carbons (Fsp3) is 1.00. The molecule has 0 bridgehead atoms. The first-order valence-corrected chi connectivity index (χ1v) is 7.81. The van der Waals surface area contributed by atoms with Crippen molar-refractivity contribution >= 4 is 0 Å². The van der Waals surface area contributed by atoms with Crippen LogP contribution in [-0.2, 0) is 4.74 Å². The topological polar surface area (TPSA) is 35.2 Å². The molecule has 1 fully saturated rings. The van der Waals surface area contributed by atoms with Gasteiger partial charge in [-0.1, -0.05) is 53.9 Å². The van der Waals surface area contributed by atoms with Crippen LogP contribution in [0.15, 0.2) is 0 Å². The Bertz CT molecular complexity index is 234. The maximum Gasteiger partial charge on any atom is 0.0777 e. The minimum absolute atomic E-state index is 0.130. The lowest BCUT2D eigenvalue weighted by Gasteiger charge is -2.41. The summed E-state index contributed by atoms with van der Waals surface area (Å²) < 4.78 is 6.49. The van der Waals surface area contributed by atoms with Crippen LogP contribution in [-0.4, -0.2) is 18.2 Å². The molecule has 2 N–H and O–H groups in total. The van der Waals surface area contributed by atoms with E-state index >= 15 is 0 Å². The Kier molecular flexibility index (Phi) is 6.13. The predicted molar refractivity (Wildman–Crippen MR) is 78.6 cm³/mol. The standard InChI is InChI=1S/C16H33NO/c1-6-12-10-8-9-11-14(12)18-15(13(17)7-2)16(3,4)5/h12-15H,6-11,17H2,1-5H3. The fourth-order valence-electron chi connectivity index (χ4n) is 3.17. The van der Waals surface area contributed by atoms with E-state index in [2.05, 4.69) is 34.6 Å². The van der Waals surface area contributed by atoms with Gasteiger partial charge in [0.25, 0.3) is 0 Å². The van der Waals surface area contributed by atoms with Crippen molar-refractivity contribution in [2.24, 2.45) is 17.1 Å². The molecule has 0 radical (unpaired) electrons. The van der Waals surface area contributed by atoms with Crippen LogP contribution in [0.1, 0.15) is 73.1 Å². The zero-order valence-corrected chi connectivity index (χ0v) is 13.0. The Labute approximate surface area is 114 Å². The highest BCUT2D eigenvalue weighted by Gasteiger charge is 2.35. The molecule has 0 aromatic heterocycles. The maximum atomic E-state index is 6.49. The van der Waals surface area contributed by atoms with Gasteiger partial charge < -0.3 is 10.5 Å². The molecule has 2 nitrogen and oxygen atoms in total.